The number of aryl methyl sites for hydroxylation is 1. The van der Waals surface area contributed by atoms with Gasteiger partial charge in [-0.3, -0.25) is 9.36 Å². The molecule has 0 radical (unpaired) electrons. The molecule has 2 aromatic carbocycles. The zero-order valence-corrected chi connectivity index (χ0v) is 16.3. The van der Waals surface area contributed by atoms with Crippen LogP contribution in [-0.4, -0.2) is 33.0 Å². The van der Waals surface area contributed by atoms with E-state index in [2.05, 4.69) is 10.2 Å². The van der Waals surface area contributed by atoms with Gasteiger partial charge in [-0.25, -0.2) is 0 Å². The second-order valence-electron chi connectivity index (χ2n) is 5.91. The molecular formula is C19H19ClN4OS. The van der Waals surface area contributed by atoms with Gasteiger partial charge in [0.2, 0.25) is 5.91 Å². The number of amides is 1. The van der Waals surface area contributed by atoms with Crippen molar-refractivity contribution in [2.24, 2.45) is 0 Å². The first-order valence-electron chi connectivity index (χ1n) is 8.13. The normalized spacial score (nSPS) is 12.0. The Kier molecular flexibility index (Phi) is 5.64. The Balaban J connectivity index is 1.78. The van der Waals surface area contributed by atoms with E-state index in [1.54, 1.807) is 18.3 Å². The number of para-hydroxylation sites is 1. The Hall–Kier alpha value is -2.31. The van der Waals surface area contributed by atoms with E-state index in [-0.39, 0.29) is 11.2 Å². The zero-order chi connectivity index (χ0) is 18.7. The maximum Gasteiger partial charge on any atom is 0.240 e. The third kappa shape index (κ3) is 3.92. The molecule has 0 aliphatic rings. The van der Waals surface area contributed by atoms with Crippen molar-refractivity contribution in [3.05, 3.63) is 65.4 Å². The molecule has 0 aliphatic heterocycles. The molecule has 1 unspecified atom stereocenters. The number of anilines is 1. The van der Waals surface area contributed by atoms with Crippen LogP contribution in [0, 0.1) is 6.92 Å². The quantitative estimate of drug-likeness (QED) is 0.611. The van der Waals surface area contributed by atoms with E-state index in [0.29, 0.717) is 10.2 Å². The summed E-state index contributed by atoms with van der Waals surface area (Å²) < 4.78 is 1.84. The van der Waals surface area contributed by atoms with Crippen LogP contribution >= 0.6 is 23.4 Å². The van der Waals surface area contributed by atoms with Gasteiger partial charge in [0.15, 0.2) is 5.16 Å². The van der Waals surface area contributed by atoms with Crippen LogP contribution in [0.2, 0.25) is 5.02 Å². The molecule has 0 fully saturated rings. The highest BCUT2D eigenvalue weighted by molar-refractivity contribution is 8.00. The fourth-order valence-electron chi connectivity index (χ4n) is 2.47. The van der Waals surface area contributed by atoms with Gasteiger partial charge >= 0.3 is 0 Å². The van der Waals surface area contributed by atoms with Crippen molar-refractivity contribution in [3.8, 4) is 5.69 Å². The largest absolute Gasteiger partial charge is 0.315 e. The van der Waals surface area contributed by atoms with Crippen LogP contribution in [0.4, 0.5) is 5.69 Å². The summed E-state index contributed by atoms with van der Waals surface area (Å²) in [7, 11) is 1.78. The summed E-state index contributed by atoms with van der Waals surface area (Å²) >= 11 is 7.59. The fourth-order valence-corrected chi connectivity index (χ4v) is 3.58. The van der Waals surface area contributed by atoms with Gasteiger partial charge in [0.05, 0.1) is 10.9 Å². The standard InChI is InChI=1S/C19H19ClN4OS/c1-13-9-10-16(11-17(13)20)24-12-21-22-19(24)26-14(2)18(25)23(3)15-7-5-4-6-8-15/h4-12,14H,1-3H3. The maximum atomic E-state index is 12.7. The molecular weight excluding hydrogens is 368 g/mol. The maximum absolute atomic E-state index is 12.7. The van der Waals surface area contributed by atoms with Gasteiger partial charge in [0.25, 0.3) is 0 Å². The molecule has 0 aliphatic carbocycles. The SMILES string of the molecule is Cc1ccc(-n2cnnc2SC(C)C(=O)N(C)c2ccccc2)cc1Cl. The number of rotatable bonds is 5. The number of carbonyl (C=O) groups is 1. The molecule has 5 nitrogen and oxygen atoms in total. The van der Waals surface area contributed by atoms with Gasteiger partial charge in [-0.05, 0) is 43.7 Å². The fraction of sp³-hybridized carbons (Fsp3) is 0.211. The lowest BCUT2D eigenvalue weighted by molar-refractivity contribution is -0.117. The molecule has 1 aromatic heterocycles. The van der Waals surface area contributed by atoms with E-state index in [4.69, 9.17) is 11.6 Å². The third-order valence-electron chi connectivity index (χ3n) is 4.05. The van der Waals surface area contributed by atoms with Crippen LogP contribution in [0.25, 0.3) is 5.69 Å². The molecule has 3 aromatic rings. The minimum Gasteiger partial charge on any atom is -0.315 e. The van der Waals surface area contributed by atoms with E-state index in [9.17, 15) is 4.79 Å². The smallest absolute Gasteiger partial charge is 0.240 e. The van der Waals surface area contributed by atoms with Gasteiger partial charge in [0, 0.05) is 17.8 Å². The van der Waals surface area contributed by atoms with Crippen molar-refractivity contribution >= 4 is 35.0 Å². The molecule has 26 heavy (non-hydrogen) atoms. The number of hydrogen-bond acceptors (Lipinski definition) is 4. The summed E-state index contributed by atoms with van der Waals surface area (Å²) in [4.78, 5) is 14.4. The number of nitrogens with zero attached hydrogens (tertiary/aromatic N) is 4. The van der Waals surface area contributed by atoms with Crippen molar-refractivity contribution in [2.75, 3.05) is 11.9 Å². The lowest BCUT2D eigenvalue weighted by atomic mass is 10.2. The second kappa shape index (κ2) is 7.93. The molecule has 3 rings (SSSR count). The van der Waals surface area contributed by atoms with Gasteiger partial charge in [-0.2, -0.15) is 0 Å². The second-order valence-corrected chi connectivity index (χ2v) is 7.63. The predicted molar refractivity (Wildman–Crippen MR) is 106 cm³/mol. The Morgan fingerprint density at radius 1 is 1.23 bits per heavy atom. The number of benzene rings is 2. The lowest BCUT2D eigenvalue weighted by Gasteiger charge is -2.21. The zero-order valence-electron chi connectivity index (χ0n) is 14.8. The molecule has 134 valence electrons. The first kappa shape index (κ1) is 18.5. The number of carbonyl (C=O) groups excluding carboxylic acids is 1. The highest BCUT2D eigenvalue weighted by Crippen LogP contribution is 2.27. The summed E-state index contributed by atoms with van der Waals surface area (Å²) in [6.07, 6.45) is 1.63. The van der Waals surface area contributed by atoms with Gasteiger partial charge in [-0.1, -0.05) is 47.6 Å². The summed E-state index contributed by atoms with van der Waals surface area (Å²) in [6.45, 7) is 3.82. The number of hydrogen-bond donors (Lipinski definition) is 0. The van der Waals surface area contributed by atoms with Gasteiger partial charge < -0.3 is 4.90 Å². The summed E-state index contributed by atoms with van der Waals surface area (Å²) in [5, 5.41) is 9.16. The van der Waals surface area contributed by atoms with E-state index in [0.717, 1.165) is 16.9 Å². The molecule has 0 saturated carbocycles. The molecule has 0 bridgehead atoms. The van der Waals surface area contributed by atoms with Crippen LogP contribution in [0.1, 0.15) is 12.5 Å². The van der Waals surface area contributed by atoms with Crippen LogP contribution in [0.5, 0.6) is 0 Å². The summed E-state index contributed by atoms with van der Waals surface area (Å²) in [5.41, 5.74) is 2.73. The minimum atomic E-state index is -0.316. The number of halogens is 1. The van der Waals surface area contributed by atoms with E-state index in [1.807, 2.05) is 66.9 Å². The Morgan fingerprint density at radius 3 is 2.65 bits per heavy atom. The summed E-state index contributed by atoms with van der Waals surface area (Å²) in [6, 6.07) is 15.3. The highest BCUT2D eigenvalue weighted by atomic mass is 35.5. The molecule has 0 saturated heterocycles. The summed E-state index contributed by atoms with van der Waals surface area (Å²) in [5.74, 6) is -0.00214. The van der Waals surface area contributed by atoms with Crippen LogP contribution < -0.4 is 4.90 Å². The molecule has 0 N–H and O–H groups in total. The van der Waals surface area contributed by atoms with Crippen molar-refractivity contribution < 1.29 is 4.79 Å². The molecule has 1 atom stereocenters. The van der Waals surface area contributed by atoms with Crippen molar-refractivity contribution in [1.82, 2.24) is 14.8 Å². The first-order valence-corrected chi connectivity index (χ1v) is 9.39. The monoisotopic (exact) mass is 386 g/mol. The van der Waals surface area contributed by atoms with Gasteiger partial charge in [0.1, 0.15) is 6.33 Å². The van der Waals surface area contributed by atoms with E-state index < -0.39 is 0 Å². The molecule has 1 heterocycles. The number of aromatic nitrogens is 3. The number of thioether (sulfide) groups is 1. The topological polar surface area (TPSA) is 51.0 Å². The lowest BCUT2D eigenvalue weighted by Crippen LogP contribution is -2.33. The molecule has 1 amide bonds. The van der Waals surface area contributed by atoms with Crippen LogP contribution in [-0.2, 0) is 4.79 Å². The first-order chi connectivity index (χ1) is 12.5. The van der Waals surface area contributed by atoms with Crippen molar-refractivity contribution in [3.63, 3.8) is 0 Å². The third-order valence-corrected chi connectivity index (χ3v) is 5.51. The predicted octanol–water partition coefficient (Wildman–Crippen LogP) is 4.37. The minimum absolute atomic E-state index is 0.00214. The van der Waals surface area contributed by atoms with E-state index in [1.165, 1.54) is 11.8 Å². The van der Waals surface area contributed by atoms with Crippen LogP contribution in [0.15, 0.2) is 60.0 Å². The Morgan fingerprint density at radius 2 is 1.96 bits per heavy atom. The van der Waals surface area contributed by atoms with Gasteiger partial charge in [-0.15, -0.1) is 10.2 Å². The average molecular weight is 387 g/mol. The highest BCUT2D eigenvalue weighted by Gasteiger charge is 2.22. The molecule has 0 spiro atoms. The van der Waals surface area contributed by atoms with Crippen LogP contribution in [0.3, 0.4) is 0 Å². The van der Waals surface area contributed by atoms with Crippen molar-refractivity contribution in [1.29, 1.82) is 0 Å². The van der Waals surface area contributed by atoms with E-state index >= 15 is 0 Å². The average Bonchev–Trinajstić information content (AvgIpc) is 3.11. The Bertz CT molecular complexity index is 913. The Labute approximate surface area is 162 Å². The van der Waals surface area contributed by atoms with Crippen molar-refractivity contribution in [2.45, 2.75) is 24.3 Å². The molecule has 7 heteroatoms.